The number of nitrogens with zero attached hydrogens (tertiary/aromatic N) is 1. The van der Waals surface area contributed by atoms with Gasteiger partial charge in [-0.05, 0) is 53.8 Å². The van der Waals surface area contributed by atoms with Gasteiger partial charge in [-0.25, -0.2) is 4.79 Å². The number of likely N-dealkylation sites (tertiary alicyclic amines) is 1. The summed E-state index contributed by atoms with van der Waals surface area (Å²) in [5, 5.41) is 14.8. The maximum absolute atomic E-state index is 14.0. The van der Waals surface area contributed by atoms with Crippen molar-refractivity contribution in [3.63, 3.8) is 0 Å². The number of nitrogens with two attached hydrogens (primary N) is 1. The Hall–Kier alpha value is -2.65. The zero-order chi connectivity index (χ0) is 27.3. The van der Waals surface area contributed by atoms with Crippen LogP contribution in [-0.2, 0) is 19.2 Å². The number of amides is 4. The van der Waals surface area contributed by atoms with Crippen molar-refractivity contribution in [1.82, 2.24) is 15.5 Å². The molecule has 0 aromatic carbocycles. The molecule has 0 radical (unpaired) electrons. The molecule has 1 heterocycles. The first-order chi connectivity index (χ1) is 17.3. The summed E-state index contributed by atoms with van der Waals surface area (Å²) in [4.78, 5) is 65.4. The summed E-state index contributed by atoms with van der Waals surface area (Å²) in [6.07, 6.45) is 5.38. The number of primary amides is 1. The van der Waals surface area contributed by atoms with Crippen molar-refractivity contribution in [1.29, 1.82) is 0 Å². The predicted octanol–water partition coefficient (Wildman–Crippen LogP) is 2.05. The molecule has 1 saturated heterocycles. The first-order valence-corrected chi connectivity index (χ1v) is 13.7. The lowest BCUT2D eigenvalue weighted by atomic mass is 9.40. The molecule has 0 aromatic rings. The molecule has 3 aliphatic carbocycles. The fraction of sp³-hybridized carbons (Fsp3) is 0.815. The summed E-state index contributed by atoms with van der Waals surface area (Å²) in [7, 11) is 0. The number of carboxylic acid groups (broad SMARTS) is 1. The van der Waals surface area contributed by atoms with E-state index in [0.29, 0.717) is 13.0 Å². The Bertz CT molecular complexity index is 968. The highest BCUT2D eigenvalue weighted by atomic mass is 16.4. The minimum atomic E-state index is -1.26. The molecule has 4 rings (SSSR count). The lowest BCUT2D eigenvalue weighted by Gasteiger charge is -2.63. The van der Waals surface area contributed by atoms with Crippen LogP contribution in [0, 0.1) is 34.5 Å². The van der Waals surface area contributed by atoms with Crippen LogP contribution >= 0.6 is 0 Å². The summed E-state index contributed by atoms with van der Waals surface area (Å²) in [6, 6.07) is -2.80. The Balaban J connectivity index is 1.64. The van der Waals surface area contributed by atoms with Gasteiger partial charge in [0.2, 0.25) is 17.6 Å². The SMILES string of the molecule is CC1(C)[C@@H]2[C@@H](C(=O)N[C@@H](CC3CC3)C(=O)C(N)=O)N(C(=O)[C@@H](NC(=O)O)C3CCCCC3)C[C@@H]2C1(C)C. The number of ketones is 1. The third-order valence-corrected chi connectivity index (χ3v) is 10.3. The molecule has 1 aliphatic heterocycles. The Morgan fingerprint density at radius 3 is 2.11 bits per heavy atom. The maximum atomic E-state index is 14.0. The van der Waals surface area contributed by atoms with Crippen LogP contribution in [0.5, 0.6) is 0 Å². The van der Waals surface area contributed by atoms with E-state index in [1.807, 2.05) is 0 Å². The highest BCUT2D eigenvalue weighted by Gasteiger charge is 2.70. The maximum Gasteiger partial charge on any atom is 0.405 e. The van der Waals surface area contributed by atoms with Gasteiger partial charge in [-0.1, -0.05) is 59.8 Å². The van der Waals surface area contributed by atoms with Crippen LogP contribution in [-0.4, -0.2) is 64.3 Å². The number of carbonyl (C=O) groups excluding carboxylic acids is 4. The van der Waals surface area contributed by atoms with E-state index < -0.39 is 41.8 Å². The molecule has 0 unspecified atom stereocenters. The fourth-order valence-electron chi connectivity index (χ4n) is 7.28. The number of hydrogen-bond acceptors (Lipinski definition) is 5. The number of carbonyl (C=O) groups is 5. The third kappa shape index (κ3) is 4.95. The van der Waals surface area contributed by atoms with Gasteiger partial charge in [-0.3, -0.25) is 19.2 Å². The van der Waals surface area contributed by atoms with Crippen molar-refractivity contribution in [2.45, 2.75) is 97.2 Å². The van der Waals surface area contributed by atoms with Crippen molar-refractivity contribution >= 4 is 29.6 Å². The minimum absolute atomic E-state index is 0.0488. The number of fused-ring (bicyclic) bond motifs is 1. The summed E-state index contributed by atoms with van der Waals surface area (Å²) >= 11 is 0. The Kier molecular flexibility index (Phi) is 7.33. The third-order valence-electron chi connectivity index (χ3n) is 10.3. The highest BCUT2D eigenvalue weighted by Crippen LogP contribution is 2.68. The van der Waals surface area contributed by atoms with E-state index in [9.17, 15) is 29.1 Å². The van der Waals surface area contributed by atoms with E-state index >= 15 is 0 Å². The molecule has 4 fully saturated rings. The predicted molar refractivity (Wildman–Crippen MR) is 135 cm³/mol. The summed E-state index contributed by atoms with van der Waals surface area (Å²) in [6.45, 7) is 8.80. The van der Waals surface area contributed by atoms with Gasteiger partial charge in [0.25, 0.3) is 5.91 Å². The van der Waals surface area contributed by atoms with Crippen LogP contribution in [0.15, 0.2) is 0 Å². The molecule has 4 amide bonds. The Morgan fingerprint density at radius 1 is 0.946 bits per heavy atom. The second kappa shape index (κ2) is 9.91. The molecule has 5 atom stereocenters. The van der Waals surface area contributed by atoms with E-state index in [0.717, 1.165) is 44.9 Å². The van der Waals surface area contributed by atoms with Gasteiger partial charge in [0, 0.05) is 6.54 Å². The largest absolute Gasteiger partial charge is 0.465 e. The molecular formula is C27H42N4O6. The first kappa shape index (κ1) is 27.4. The van der Waals surface area contributed by atoms with Crippen molar-refractivity contribution in [2.75, 3.05) is 6.54 Å². The summed E-state index contributed by atoms with van der Waals surface area (Å²) in [5.74, 6) is -2.74. The smallest absolute Gasteiger partial charge is 0.405 e. The second-order valence-electron chi connectivity index (χ2n) is 12.8. The van der Waals surface area contributed by atoms with Crippen LogP contribution in [0.2, 0.25) is 0 Å². The average Bonchev–Trinajstić information content (AvgIpc) is 3.56. The van der Waals surface area contributed by atoms with Gasteiger partial charge in [0.05, 0.1) is 6.04 Å². The minimum Gasteiger partial charge on any atom is -0.465 e. The van der Waals surface area contributed by atoms with Crippen LogP contribution in [0.4, 0.5) is 4.79 Å². The quantitative estimate of drug-likeness (QED) is 0.342. The van der Waals surface area contributed by atoms with Gasteiger partial charge >= 0.3 is 6.09 Å². The zero-order valence-electron chi connectivity index (χ0n) is 22.4. The average molecular weight is 519 g/mol. The standard InChI is InChI=1S/C27H42N4O6/c1-26(2)16-13-31(24(35)19(30-25(36)37)15-8-6-5-7-9-15)20(18(16)27(26,3)4)23(34)29-17(12-14-10-11-14)21(32)22(28)33/h14-20,30H,5-13H2,1-4H3,(H2,28,33)(H,29,34)(H,36,37)/t16-,17-,18-,19-,20-/m0/s1. The van der Waals surface area contributed by atoms with Gasteiger partial charge in [0.15, 0.2) is 0 Å². The second-order valence-corrected chi connectivity index (χ2v) is 12.8. The van der Waals surface area contributed by atoms with E-state index in [4.69, 9.17) is 5.73 Å². The van der Waals surface area contributed by atoms with E-state index in [2.05, 4.69) is 38.3 Å². The molecule has 0 spiro atoms. The molecule has 37 heavy (non-hydrogen) atoms. The van der Waals surface area contributed by atoms with Crippen molar-refractivity contribution in [3.05, 3.63) is 0 Å². The van der Waals surface area contributed by atoms with E-state index in [1.54, 1.807) is 4.90 Å². The Labute approximate surface area is 218 Å². The molecule has 0 bridgehead atoms. The lowest BCUT2D eigenvalue weighted by Crippen LogP contribution is -2.64. The molecule has 0 aromatic heterocycles. The highest BCUT2D eigenvalue weighted by molar-refractivity contribution is 6.37. The van der Waals surface area contributed by atoms with Crippen LogP contribution in [0.3, 0.4) is 0 Å². The Morgan fingerprint density at radius 2 is 1.57 bits per heavy atom. The number of hydrogen-bond donors (Lipinski definition) is 4. The van der Waals surface area contributed by atoms with Gasteiger partial charge in [-0.2, -0.15) is 0 Å². The fourth-order valence-corrected chi connectivity index (χ4v) is 7.28. The summed E-state index contributed by atoms with van der Waals surface area (Å²) < 4.78 is 0. The number of nitrogens with one attached hydrogen (secondary N) is 2. The molecule has 5 N–H and O–H groups in total. The summed E-state index contributed by atoms with van der Waals surface area (Å²) in [5.41, 5.74) is 4.84. The molecule has 206 valence electrons. The lowest BCUT2D eigenvalue weighted by molar-refractivity contribution is -0.161. The van der Waals surface area contributed by atoms with Crippen LogP contribution in [0.1, 0.15) is 79.1 Å². The van der Waals surface area contributed by atoms with E-state index in [-0.39, 0.29) is 40.4 Å². The monoisotopic (exact) mass is 518 g/mol. The van der Waals surface area contributed by atoms with Crippen molar-refractivity contribution < 1.29 is 29.1 Å². The molecule has 3 saturated carbocycles. The first-order valence-electron chi connectivity index (χ1n) is 13.7. The molecule has 10 heteroatoms. The molecule has 4 aliphatic rings. The number of rotatable bonds is 9. The topological polar surface area (TPSA) is 159 Å². The zero-order valence-corrected chi connectivity index (χ0v) is 22.4. The van der Waals surface area contributed by atoms with Gasteiger partial charge in [0.1, 0.15) is 12.1 Å². The van der Waals surface area contributed by atoms with Gasteiger partial charge < -0.3 is 26.4 Å². The van der Waals surface area contributed by atoms with Crippen LogP contribution in [0.25, 0.3) is 0 Å². The van der Waals surface area contributed by atoms with Crippen molar-refractivity contribution in [3.8, 4) is 0 Å². The van der Waals surface area contributed by atoms with Crippen LogP contribution < -0.4 is 16.4 Å². The molecular weight excluding hydrogens is 476 g/mol. The molecule has 10 nitrogen and oxygen atoms in total. The van der Waals surface area contributed by atoms with E-state index in [1.165, 1.54) is 0 Å². The van der Waals surface area contributed by atoms with Gasteiger partial charge in [-0.15, -0.1) is 0 Å². The normalized spacial score (nSPS) is 29.8. The number of Topliss-reactive ketones (excluding diaryl/α,β-unsaturated/α-hetero) is 1. The van der Waals surface area contributed by atoms with Crippen molar-refractivity contribution in [2.24, 2.45) is 40.2 Å².